The van der Waals surface area contributed by atoms with Gasteiger partial charge in [0.15, 0.2) is 47.1 Å². The molecule has 0 bridgehead atoms. The summed E-state index contributed by atoms with van der Waals surface area (Å²) in [6, 6.07) is 4.49. The lowest BCUT2D eigenvalue weighted by Crippen LogP contribution is -2.69. The highest BCUT2D eigenvalue weighted by atomic mass is 16.7. The van der Waals surface area contributed by atoms with E-state index in [1.807, 2.05) is 0 Å². The second-order valence-electron chi connectivity index (χ2n) is 14.1. The number of benzene rings is 1. The molecule has 264 valence electrons. The van der Waals surface area contributed by atoms with Crippen molar-refractivity contribution in [1.29, 1.82) is 0 Å². The van der Waals surface area contributed by atoms with E-state index < -0.39 is 95.4 Å². The molecule has 1 saturated carbocycles. The average molecular weight is 691 g/mol. The van der Waals surface area contributed by atoms with Crippen molar-refractivity contribution in [2.75, 3.05) is 0 Å². The van der Waals surface area contributed by atoms with Crippen LogP contribution in [0.5, 0.6) is 0 Å². The molecule has 7 rings (SSSR count). The number of ketones is 5. The fourth-order valence-corrected chi connectivity index (χ4v) is 7.79. The standard InChI is InChI=1S/C37H38O13/c1-17-24(38)7-9-29(47-17)49-34-19(3)46-27(14-26(34)40)20-5-6-21-23(13-20)32(42)22-11-12-36(44)16-35(4,50-30-10-8-25(39)18(2)48-30)15-28(41)37(36,45)31(22)33(21)43/h5-13,17-19,26-27,29-30,34,40,44-45H,14-16H2,1-4H3/t17?,18?,19-,26-,27?,29?,30?,34-,35+,36-,37+/m0/s1. The van der Waals surface area contributed by atoms with Crippen molar-refractivity contribution in [1.82, 2.24) is 0 Å². The van der Waals surface area contributed by atoms with Crippen LogP contribution in [0.25, 0.3) is 0 Å². The summed E-state index contributed by atoms with van der Waals surface area (Å²) in [5, 5.41) is 34.9. The SMILES string of the molecule is CC1OC(O[C@H]2[C@H](C)OC(c3ccc4c(c3)C(=O)C3=C(C4=O)[C@]4(O)C(=O)C[C@@](C)(OC5C=CC(=O)C(C)O5)C[C@@]4(O)C=C3)C[C@@H]2O)C=CC1=O. The minimum absolute atomic E-state index is 0.0229. The van der Waals surface area contributed by atoms with E-state index in [0.717, 1.165) is 6.08 Å². The molecular weight excluding hydrogens is 652 g/mol. The summed E-state index contributed by atoms with van der Waals surface area (Å²) in [5.74, 6) is -2.77. The van der Waals surface area contributed by atoms with Gasteiger partial charge in [-0.1, -0.05) is 12.1 Å². The number of rotatable bonds is 5. The van der Waals surface area contributed by atoms with Crippen molar-refractivity contribution >= 4 is 28.9 Å². The van der Waals surface area contributed by atoms with Gasteiger partial charge in [-0.25, -0.2) is 0 Å². The molecule has 1 saturated heterocycles. The second-order valence-corrected chi connectivity index (χ2v) is 14.1. The Kier molecular flexibility index (Phi) is 8.43. The maximum Gasteiger partial charge on any atom is 0.194 e. The quantitative estimate of drug-likeness (QED) is 0.406. The minimum atomic E-state index is -2.74. The smallest absolute Gasteiger partial charge is 0.194 e. The molecule has 6 aliphatic rings. The Bertz CT molecular complexity index is 1810. The molecule has 2 fully saturated rings. The summed E-state index contributed by atoms with van der Waals surface area (Å²) in [5.41, 5.74) is -6.65. The molecule has 3 heterocycles. The molecule has 1 aromatic rings. The molecule has 13 nitrogen and oxygen atoms in total. The summed E-state index contributed by atoms with van der Waals surface area (Å²) < 4.78 is 29.3. The first-order valence-corrected chi connectivity index (χ1v) is 16.6. The third-order valence-corrected chi connectivity index (χ3v) is 10.4. The topological polar surface area (TPSA) is 192 Å². The van der Waals surface area contributed by atoms with Gasteiger partial charge in [0.05, 0.1) is 29.5 Å². The van der Waals surface area contributed by atoms with Gasteiger partial charge in [-0.2, -0.15) is 0 Å². The third kappa shape index (κ3) is 5.53. The molecule has 0 amide bonds. The molecule has 0 aromatic heterocycles. The summed E-state index contributed by atoms with van der Waals surface area (Å²) in [6.07, 6.45) is 0.932. The molecule has 5 unspecified atom stereocenters. The van der Waals surface area contributed by atoms with Gasteiger partial charge in [-0.05, 0) is 75.8 Å². The number of aliphatic hydroxyl groups is 3. The van der Waals surface area contributed by atoms with Crippen LogP contribution in [-0.2, 0) is 38.1 Å². The summed E-state index contributed by atoms with van der Waals surface area (Å²) in [4.78, 5) is 65.5. The number of fused-ring (bicyclic) bond motifs is 3. The molecule has 11 atom stereocenters. The Morgan fingerprint density at radius 3 is 2.16 bits per heavy atom. The van der Waals surface area contributed by atoms with E-state index in [9.17, 15) is 39.3 Å². The predicted molar refractivity (Wildman–Crippen MR) is 171 cm³/mol. The number of carbonyl (C=O) groups excluding carboxylic acids is 5. The Balaban J connectivity index is 1.11. The van der Waals surface area contributed by atoms with Crippen LogP contribution >= 0.6 is 0 Å². The normalized spacial score (nSPS) is 41.3. The number of ether oxygens (including phenoxy) is 5. The Labute approximate surface area is 287 Å². The average Bonchev–Trinajstić information content (AvgIpc) is 3.05. The maximum atomic E-state index is 14.1. The lowest BCUT2D eigenvalue weighted by Gasteiger charge is -2.53. The summed E-state index contributed by atoms with van der Waals surface area (Å²) in [6.45, 7) is 6.45. The van der Waals surface area contributed by atoms with Crippen LogP contribution in [0.4, 0.5) is 0 Å². The Morgan fingerprint density at radius 2 is 1.50 bits per heavy atom. The van der Waals surface area contributed by atoms with E-state index in [-0.39, 0.29) is 41.1 Å². The van der Waals surface area contributed by atoms with Crippen molar-refractivity contribution in [3.8, 4) is 0 Å². The highest BCUT2D eigenvalue weighted by Crippen LogP contribution is 2.52. The predicted octanol–water partition coefficient (Wildman–Crippen LogP) is 1.87. The van der Waals surface area contributed by atoms with Crippen LogP contribution in [0, 0.1) is 0 Å². The van der Waals surface area contributed by atoms with E-state index >= 15 is 0 Å². The number of Topliss-reactive ketones (excluding diaryl/α,β-unsaturated/α-hetero) is 3. The molecule has 13 heteroatoms. The number of carbonyl (C=O) groups is 5. The first-order valence-electron chi connectivity index (χ1n) is 16.6. The van der Waals surface area contributed by atoms with Crippen molar-refractivity contribution in [2.24, 2.45) is 0 Å². The van der Waals surface area contributed by atoms with E-state index in [1.54, 1.807) is 33.8 Å². The largest absolute Gasteiger partial charge is 0.390 e. The first kappa shape index (κ1) is 34.6. The van der Waals surface area contributed by atoms with Gasteiger partial charge in [0.25, 0.3) is 0 Å². The molecule has 0 radical (unpaired) electrons. The fourth-order valence-electron chi connectivity index (χ4n) is 7.79. The molecule has 1 aromatic carbocycles. The fraction of sp³-hybridized carbons (Fsp3) is 0.486. The zero-order valence-corrected chi connectivity index (χ0v) is 27.9. The van der Waals surface area contributed by atoms with Crippen LogP contribution in [0.2, 0.25) is 0 Å². The Morgan fingerprint density at radius 1 is 0.840 bits per heavy atom. The third-order valence-electron chi connectivity index (χ3n) is 10.4. The van der Waals surface area contributed by atoms with Crippen molar-refractivity contribution in [2.45, 2.75) is 113 Å². The van der Waals surface area contributed by atoms with Crippen molar-refractivity contribution in [3.05, 3.63) is 82.5 Å². The van der Waals surface area contributed by atoms with Crippen LogP contribution in [0.3, 0.4) is 0 Å². The van der Waals surface area contributed by atoms with Crippen LogP contribution in [-0.4, -0.2) is 104 Å². The molecule has 50 heavy (non-hydrogen) atoms. The monoisotopic (exact) mass is 690 g/mol. The number of hydrogen-bond donors (Lipinski definition) is 3. The van der Waals surface area contributed by atoms with E-state index in [2.05, 4.69) is 0 Å². The highest BCUT2D eigenvalue weighted by Gasteiger charge is 2.67. The van der Waals surface area contributed by atoms with Gasteiger partial charge in [-0.3, -0.25) is 24.0 Å². The van der Waals surface area contributed by atoms with E-state index in [1.165, 1.54) is 42.5 Å². The minimum Gasteiger partial charge on any atom is -0.390 e. The molecule has 3 aliphatic carbocycles. The van der Waals surface area contributed by atoms with Crippen LogP contribution in [0.1, 0.15) is 79.3 Å². The number of aliphatic hydroxyl groups excluding tert-OH is 1. The highest BCUT2D eigenvalue weighted by molar-refractivity contribution is 6.31. The molecule has 0 spiro atoms. The molecule has 3 aliphatic heterocycles. The first-order chi connectivity index (χ1) is 23.5. The number of hydrogen-bond acceptors (Lipinski definition) is 13. The van der Waals surface area contributed by atoms with Gasteiger partial charge in [0, 0.05) is 36.0 Å². The van der Waals surface area contributed by atoms with Crippen LogP contribution < -0.4 is 0 Å². The summed E-state index contributed by atoms with van der Waals surface area (Å²) in [7, 11) is 0. The zero-order valence-electron chi connectivity index (χ0n) is 27.9. The lowest BCUT2D eigenvalue weighted by atomic mass is 9.57. The number of allylic oxidation sites excluding steroid dienone is 2. The van der Waals surface area contributed by atoms with Gasteiger partial charge >= 0.3 is 0 Å². The van der Waals surface area contributed by atoms with E-state index in [4.69, 9.17) is 23.7 Å². The summed E-state index contributed by atoms with van der Waals surface area (Å²) >= 11 is 0. The van der Waals surface area contributed by atoms with Gasteiger partial charge in [-0.15, -0.1) is 0 Å². The second kappa shape index (κ2) is 12.2. The maximum absolute atomic E-state index is 14.1. The lowest BCUT2D eigenvalue weighted by molar-refractivity contribution is -0.242. The van der Waals surface area contributed by atoms with Crippen LogP contribution in [0.15, 0.2) is 65.8 Å². The zero-order chi connectivity index (χ0) is 35.9. The van der Waals surface area contributed by atoms with E-state index in [0.29, 0.717) is 5.56 Å². The van der Waals surface area contributed by atoms with Crippen molar-refractivity contribution < 1.29 is 63.0 Å². The molecule has 3 N–H and O–H groups in total. The van der Waals surface area contributed by atoms with Gasteiger partial charge in [0.2, 0.25) is 0 Å². The molecular formula is C37H38O13. The van der Waals surface area contributed by atoms with Gasteiger partial charge in [0.1, 0.15) is 23.9 Å². The van der Waals surface area contributed by atoms with Gasteiger partial charge < -0.3 is 39.0 Å². The van der Waals surface area contributed by atoms with Crippen molar-refractivity contribution in [3.63, 3.8) is 0 Å². The Hall–Kier alpha value is -3.79.